The number of fused-ring (bicyclic) bond motifs is 1. The van der Waals surface area contributed by atoms with Gasteiger partial charge in [0.25, 0.3) is 0 Å². The van der Waals surface area contributed by atoms with Crippen LogP contribution >= 0.6 is 23.2 Å². The van der Waals surface area contributed by atoms with E-state index in [1.54, 1.807) is 12.1 Å². The van der Waals surface area contributed by atoms with Gasteiger partial charge >= 0.3 is 0 Å². The number of carbonyl (C=O) groups is 1. The van der Waals surface area contributed by atoms with Crippen LogP contribution in [0.2, 0.25) is 10.0 Å². The van der Waals surface area contributed by atoms with Gasteiger partial charge < -0.3 is 10.1 Å². The van der Waals surface area contributed by atoms with Crippen LogP contribution in [0.3, 0.4) is 0 Å². The predicted octanol–water partition coefficient (Wildman–Crippen LogP) is 5.74. The Morgan fingerprint density at radius 3 is 2.48 bits per heavy atom. The van der Waals surface area contributed by atoms with Gasteiger partial charge in [-0.05, 0) is 43.5 Å². The van der Waals surface area contributed by atoms with Crippen LogP contribution in [0.5, 0.6) is 5.75 Å². The van der Waals surface area contributed by atoms with Crippen molar-refractivity contribution in [2.75, 3.05) is 17.1 Å². The van der Waals surface area contributed by atoms with Gasteiger partial charge in [-0.2, -0.15) is 0 Å². The number of para-hydroxylation sites is 1. The van der Waals surface area contributed by atoms with Gasteiger partial charge in [0.05, 0.1) is 28.0 Å². The molecular weight excluding hydrogens is 483 g/mol. The van der Waals surface area contributed by atoms with E-state index in [-0.39, 0.29) is 35.5 Å². The first kappa shape index (κ1) is 25.7. The quantitative estimate of drug-likeness (QED) is 0.464. The molecule has 6 nitrogen and oxygen atoms in total. The van der Waals surface area contributed by atoms with Crippen LogP contribution in [0, 0.1) is 0 Å². The Morgan fingerprint density at radius 1 is 1.15 bits per heavy atom. The second kappa shape index (κ2) is 10.5. The molecule has 1 amide bonds. The van der Waals surface area contributed by atoms with Gasteiger partial charge in [0, 0.05) is 24.9 Å². The minimum Gasteiger partial charge on any atom is -0.487 e. The predicted molar refractivity (Wildman–Crippen MR) is 134 cm³/mol. The number of rotatable bonds is 9. The summed E-state index contributed by atoms with van der Waals surface area (Å²) in [5, 5.41) is 3.76. The van der Waals surface area contributed by atoms with E-state index in [0.717, 1.165) is 30.4 Å². The van der Waals surface area contributed by atoms with Gasteiger partial charge in [-0.1, -0.05) is 55.2 Å². The molecule has 0 spiro atoms. The van der Waals surface area contributed by atoms with Crippen molar-refractivity contribution < 1.29 is 17.9 Å². The molecule has 0 aromatic heterocycles. The van der Waals surface area contributed by atoms with E-state index in [2.05, 4.69) is 19.2 Å². The molecule has 1 aliphatic heterocycles. The summed E-state index contributed by atoms with van der Waals surface area (Å²) < 4.78 is 32.2. The lowest BCUT2D eigenvalue weighted by atomic mass is 9.83. The lowest BCUT2D eigenvalue weighted by Gasteiger charge is -2.41. The van der Waals surface area contributed by atoms with Crippen LogP contribution in [0.25, 0.3) is 0 Å². The largest absolute Gasteiger partial charge is 0.487 e. The van der Waals surface area contributed by atoms with Gasteiger partial charge in [0.1, 0.15) is 11.4 Å². The highest BCUT2D eigenvalue weighted by atomic mass is 35.5. The van der Waals surface area contributed by atoms with Gasteiger partial charge in [0.15, 0.2) is 0 Å². The van der Waals surface area contributed by atoms with Crippen molar-refractivity contribution in [2.24, 2.45) is 0 Å². The number of benzene rings is 2. The van der Waals surface area contributed by atoms with Gasteiger partial charge in [-0.15, -0.1) is 0 Å². The van der Waals surface area contributed by atoms with Crippen molar-refractivity contribution in [1.82, 2.24) is 5.32 Å². The lowest BCUT2D eigenvalue weighted by molar-refractivity contribution is -0.122. The second-order valence-corrected chi connectivity index (χ2v) is 11.1. The van der Waals surface area contributed by atoms with Gasteiger partial charge in [-0.3, -0.25) is 9.10 Å². The molecule has 2 aromatic rings. The zero-order valence-corrected chi connectivity index (χ0v) is 21.4. The molecular formula is C24H30Cl2N2O4S. The Bertz CT molecular complexity index is 1100. The Balaban J connectivity index is 1.67. The fraction of sp³-hybridized carbons (Fsp3) is 0.458. The number of halogens is 2. The third-order valence-corrected chi connectivity index (χ3v) is 8.11. The van der Waals surface area contributed by atoms with Crippen LogP contribution in [0.1, 0.15) is 57.6 Å². The molecule has 1 unspecified atom stereocenters. The minimum absolute atomic E-state index is 0.125. The highest BCUT2D eigenvalue weighted by molar-refractivity contribution is 7.92. The number of hydrogen-bond donors (Lipinski definition) is 1. The van der Waals surface area contributed by atoms with Crippen LogP contribution in [-0.4, -0.2) is 32.7 Å². The number of nitrogens with zero attached hydrogens (tertiary/aromatic N) is 1. The van der Waals surface area contributed by atoms with Crippen LogP contribution in [0.15, 0.2) is 42.5 Å². The van der Waals surface area contributed by atoms with Crippen molar-refractivity contribution in [3.05, 3.63) is 58.1 Å². The average molecular weight is 513 g/mol. The molecule has 0 saturated heterocycles. The molecule has 1 N–H and O–H groups in total. The molecule has 1 heterocycles. The first-order valence-electron chi connectivity index (χ1n) is 11.1. The summed E-state index contributed by atoms with van der Waals surface area (Å²) in [4.78, 5) is 12.8. The zero-order valence-electron chi connectivity index (χ0n) is 19.1. The second-order valence-electron chi connectivity index (χ2n) is 8.39. The van der Waals surface area contributed by atoms with E-state index < -0.39 is 10.0 Å². The third-order valence-electron chi connectivity index (χ3n) is 6.18. The summed E-state index contributed by atoms with van der Waals surface area (Å²) in [5.41, 5.74) is 1.08. The number of amides is 1. The topological polar surface area (TPSA) is 75.7 Å². The Hall–Kier alpha value is -1.96. The SMILES string of the molecule is CCC1(CC)CC(NC(=O)CCCN(c2ccc(Cl)c(Cl)c2)S(C)(=O)=O)c2ccccc2O1. The van der Waals surface area contributed by atoms with E-state index >= 15 is 0 Å². The van der Waals surface area contributed by atoms with Crippen molar-refractivity contribution in [3.63, 3.8) is 0 Å². The molecule has 2 aromatic carbocycles. The summed E-state index contributed by atoms with van der Waals surface area (Å²) >= 11 is 12.0. The summed E-state index contributed by atoms with van der Waals surface area (Å²) in [6.45, 7) is 4.35. The molecule has 3 rings (SSSR count). The van der Waals surface area contributed by atoms with Crippen molar-refractivity contribution in [2.45, 2.75) is 57.6 Å². The van der Waals surface area contributed by atoms with E-state index in [1.807, 2.05) is 24.3 Å². The fourth-order valence-electron chi connectivity index (χ4n) is 4.21. The highest BCUT2D eigenvalue weighted by Gasteiger charge is 2.38. The minimum atomic E-state index is -3.55. The number of anilines is 1. The van der Waals surface area contributed by atoms with E-state index in [1.165, 1.54) is 10.4 Å². The molecule has 0 saturated carbocycles. The molecule has 1 atom stereocenters. The summed E-state index contributed by atoms with van der Waals surface area (Å²) in [7, 11) is -3.55. The van der Waals surface area contributed by atoms with Crippen LogP contribution < -0.4 is 14.4 Å². The highest BCUT2D eigenvalue weighted by Crippen LogP contribution is 2.42. The van der Waals surface area contributed by atoms with Crippen molar-refractivity contribution in [3.8, 4) is 5.75 Å². The van der Waals surface area contributed by atoms with Crippen molar-refractivity contribution >= 4 is 44.8 Å². The maximum absolute atomic E-state index is 12.8. The third kappa shape index (κ3) is 6.14. The van der Waals surface area contributed by atoms with Crippen LogP contribution in [-0.2, 0) is 14.8 Å². The van der Waals surface area contributed by atoms with Crippen LogP contribution in [0.4, 0.5) is 5.69 Å². The van der Waals surface area contributed by atoms with Gasteiger partial charge in [-0.25, -0.2) is 8.42 Å². The Kier molecular flexibility index (Phi) is 8.19. The monoisotopic (exact) mass is 512 g/mol. The average Bonchev–Trinajstić information content (AvgIpc) is 2.77. The maximum atomic E-state index is 12.8. The molecule has 33 heavy (non-hydrogen) atoms. The first-order valence-corrected chi connectivity index (χ1v) is 13.7. The van der Waals surface area contributed by atoms with Gasteiger partial charge in [0.2, 0.25) is 15.9 Å². The van der Waals surface area contributed by atoms with E-state index in [4.69, 9.17) is 27.9 Å². The maximum Gasteiger partial charge on any atom is 0.232 e. The molecule has 0 radical (unpaired) electrons. The summed E-state index contributed by atoms with van der Waals surface area (Å²) in [6, 6.07) is 12.3. The number of carbonyl (C=O) groups excluding carboxylic acids is 1. The summed E-state index contributed by atoms with van der Waals surface area (Å²) in [5.74, 6) is 0.681. The molecule has 1 aliphatic rings. The van der Waals surface area contributed by atoms with Crippen molar-refractivity contribution in [1.29, 1.82) is 0 Å². The molecule has 0 fully saturated rings. The Labute approximate surface area is 206 Å². The molecule has 0 aliphatic carbocycles. The summed E-state index contributed by atoms with van der Waals surface area (Å²) in [6.07, 6.45) is 4.06. The number of nitrogens with one attached hydrogen (secondary N) is 1. The molecule has 0 bridgehead atoms. The van der Waals surface area contributed by atoms with E-state index in [9.17, 15) is 13.2 Å². The first-order chi connectivity index (χ1) is 15.6. The molecule has 9 heteroatoms. The standard InChI is InChI=1S/C24H30Cl2N2O4S/c1-4-24(5-2)16-21(18-9-6-7-10-22(18)32-24)27-23(29)11-8-14-28(33(3,30)31)17-12-13-19(25)20(26)15-17/h6-7,9-10,12-13,15,21H,4-5,8,11,14,16H2,1-3H3,(H,27,29). The number of ether oxygens (including phenoxy) is 1. The molecule has 180 valence electrons. The normalized spacial score (nSPS) is 17.1. The fourth-order valence-corrected chi connectivity index (χ4v) is 5.46. The Morgan fingerprint density at radius 2 is 1.85 bits per heavy atom. The number of hydrogen-bond acceptors (Lipinski definition) is 4. The number of sulfonamides is 1. The smallest absolute Gasteiger partial charge is 0.232 e. The van der Waals surface area contributed by atoms with E-state index in [0.29, 0.717) is 23.6 Å². The zero-order chi connectivity index (χ0) is 24.2. The lowest BCUT2D eigenvalue weighted by Crippen LogP contribution is -2.44.